The maximum Gasteiger partial charge on any atom is 0.271 e. The van der Waals surface area contributed by atoms with E-state index in [0.717, 1.165) is 6.20 Å². The number of imidazole rings is 1. The van der Waals surface area contributed by atoms with Crippen molar-refractivity contribution in [3.8, 4) is 0 Å². The number of primary sulfonamides is 1. The van der Waals surface area contributed by atoms with Crippen molar-refractivity contribution in [2.75, 3.05) is 0 Å². The standard InChI is InChI=1S/C4H6N4O3S/c5-3(9)2-1-7-4(8-2)12(6,10)11/h1H,(H2,5,9)(H,7,8)(H2,6,10,11). The molecule has 0 radical (unpaired) electrons. The predicted octanol–water partition coefficient (Wildman–Crippen LogP) is -1.84. The first-order valence-corrected chi connectivity index (χ1v) is 4.33. The monoisotopic (exact) mass is 190 g/mol. The maximum absolute atomic E-state index is 10.6. The average molecular weight is 190 g/mol. The van der Waals surface area contributed by atoms with Crippen LogP contribution in [-0.4, -0.2) is 24.3 Å². The van der Waals surface area contributed by atoms with E-state index in [9.17, 15) is 13.2 Å². The summed E-state index contributed by atoms with van der Waals surface area (Å²) in [4.78, 5) is 15.9. The number of nitrogens with one attached hydrogen (secondary N) is 1. The van der Waals surface area contributed by atoms with E-state index in [2.05, 4.69) is 9.97 Å². The Hall–Kier alpha value is -1.41. The zero-order valence-corrected chi connectivity index (χ0v) is 6.63. The van der Waals surface area contributed by atoms with Crippen molar-refractivity contribution in [1.29, 1.82) is 0 Å². The van der Waals surface area contributed by atoms with Crippen LogP contribution in [0.3, 0.4) is 0 Å². The molecule has 66 valence electrons. The van der Waals surface area contributed by atoms with Crippen LogP contribution in [0.4, 0.5) is 0 Å². The van der Waals surface area contributed by atoms with Gasteiger partial charge in [0, 0.05) is 0 Å². The molecule has 0 unspecified atom stereocenters. The molecule has 8 heteroatoms. The van der Waals surface area contributed by atoms with E-state index in [0.29, 0.717) is 0 Å². The molecule has 0 atom stereocenters. The summed E-state index contributed by atoms with van der Waals surface area (Å²) in [5.74, 6) is -0.794. The molecule has 0 aliphatic heterocycles. The number of nitrogens with zero attached hydrogens (tertiary/aromatic N) is 1. The van der Waals surface area contributed by atoms with Crippen LogP contribution in [0.15, 0.2) is 11.4 Å². The summed E-state index contributed by atoms with van der Waals surface area (Å²) in [6.07, 6.45) is 1.00. The number of nitrogens with two attached hydrogens (primary N) is 2. The normalized spacial score (nSPS) is 11.4. The number of sulfonamides is 1. The average Bonchev–Trinajstić information content (AvgIpc) is 2.30. The highest BCUT2D eigenvalue weighted by atomic mass is 32.2. The molecule has 0 fully saturated rings. The van der Waals surface area contributed by atoms with E-state index >= 15 is 0 Å². The summed E-state index contributed by atoms with van der Waals surface area (Å²) in [5.41, 5.74) is 4.73. The Morgan fingerprint density at radius 3 is 2.42 bits per heavy atom. The Bertz CT molecular complexity index is 406. The van der Waals surface area contributed by atoms with Crippen LogP contribution in [0.25, 0.3) is 0 Å². The van der Waals surface area contributed by atoms with Gasteiger partial charge in [-0.1, -0.05) is 0 Å². The van der Waals surface area contributed by atoms with Crippen molar-refractivity contribution < 1.29 is 13.2 Å². The van der Waals surface area contributed by atoms with Crippen molar-refractivity contribution in [2.24, 2.45) is 10.9 Å². The third kappa shape index (κ3) is 1.60. The van der Waals surface area contributed by atoms with Gasteiger partial charge in [0.25, 0.3) is 15.9 Å². The Morgan fingerprint density at radius 2 is 2.17 bits per heavy atom. The Labute approximate surface area is 67.8 Å². The molecule has 1 aromatic rings. The minimum absolute atomic E-state index is 0.0981. The lowest BCUT2D eigenvalue weighted by atomic mass is 10.5. The van der Waals surface area contributed by atoms with Crippen molar-refractivity contribution in [2.45, 2.75) is 5.16 Å². The quantitative estimate of drug-likeness (QED) is 0.505. The molecule has 1 aromatic heterocycles. The van der Waals surface area contributed by atoms with E-state index in [-0.39, 0.29) is 5.69 Å². The number of carbonyl (C=O) groups excluding carboxylic acids is 1. The largest absolute Gasteiger partial charge is 0.364 e. The number of primary amides is 1. The molecule has 0 bridgehead atoms. The van der Waals surface area contributed by atoms with Gasteiger partial charge in [-0.2, -0.15) is 0 Å². The number of amides is 1. The number of aromatic nitrogens is 2. The van der Waals surface area contributed by atoms with E-state index < -0.39 is 21.1 Å². The van der Waals surface area contributed by atoms with E-state index in [1.54, 1.807) is 0 Å². The lowest BCUT2D eigenvalue weighted by molar-refractivity contribution is 0.0996. The topological polar surface area (TPSA) is 132 Å². The van der Waals surface area contributed by atoms with Gasteiger partial charge in [-0.05, 0) is 0 Å². The molecule has 1 rings (SSSR count). The summed E-state index contributed by atoms with van der Waals surface area (Å²) in [6.45, 7) is 0. The first-order valence-electron chi connectivity index (χ1n) is 2.79. The van der Waals surface area contributed by atoms with Gasteiger partial charge in [0.1, 0.15) is 5.69 Å². The van der Waals surface area contributed by atoms with Crippen molar-refractivity contribution in [3.63, 3.8) is 0 Å². The van der Waals surface area contributed by atoms with Crippen LogP contribution < -0.4 is 10.9 Å². The summed E-state index contributed by atoms with van der Waals surface area (Å²) >= 11 is 0. The number of H-pyrrole nitrogens is 1. The van der Waals surface area contributed by atoms with Gasteiger partial charge in [0.2, 0.25) is 5.16 Å². The molecule has 1 heterocycles. The summed E-state index contributed by atoms with van der Waals surface area (Å²) in [5, 5.41) is 4.22. The first-order chi connectivity index (χ1) is 5.41. The molecule has 0 spiro atoms. The molecule has 0 aliphatic rings. The zero-order valence-electron chi connectivity index (χ0n) is 5.81. The summed E-state index contributed by atoms with van der Waals surface area (Å²) in [6, 6.07) is 0. The molecule has 0 saturated carbocycles. The lowest BCUT2D eigenvalue weighted by Gasteiger charge is -1.88. The van der Waals surface area contributed by atoms with Crippen LogP contribution >= 0.6 is 0 Å². The van der Waals surface area contributed by atoms with Gasteiger partial charge in [-0.25, -0.2) is 18.5 Å². The third-order valence-electron chi connectivity index (χ3n) is 1.09. The summed E-state index contributed by atoms with van der Waals surface area (Å²) < 4.78 is 21.2. The highest BCUT2D eigenvalue weighted by Gasteiger charge is 2.13. The van der Waals surface area contributed by atoms with Gasteiger partial charge in [0.05, 0.1) is 6.20 Å². The molecule has 1 amide bonds. The second kappa shape index (κ2) is 2.57. The minimum atomic E-state index is -3.89. The predicted molar refractivity (Wildman–Crippen MR) is 38.5 cm³/mol. The van der Waals surface area contributed by atoms with E-state index in [1.807, 2.05) is 0 Å². The second-order valence-corrected chi connectivity index (χ2v) is 3.49. The molecule has 0 saturated heterocycles. The van der Waals surface area contributed by atoms with Gasteiger partial charge >= 0.3 is 0 Å². The molecule has 0 aromatic carbocycles. The van der Waals surface area contributed by atoms with Crippen LogP contribution in [-0.2, 0) is 10.0 Å². The smallest absolute Gasteiger partial charge is 0.271 e. The third-order valence-corrected chi connectivity index (χ3v) is 1.83. The number of carbonyl (C=O) groups is 1. The molecule has 0 aliphatic carbocycles. The molecule has 5 N–H and O–H groups in total. The van der Waals surface area contributed by atoms with Crippen molar-refractivity contribution in [3.05, 3.63) is 11.9 Å². The Morgan fingerprint density at radius 1 is 1.58 bits per heavy atom. The van der Waals surface area contributed by atoms with Gasteiger partial charge in [-0.3, -0.25) is 4.79 Å². The fourth-order valence-electron chi connectivity index (χ4n) is 0.573. The van der Waals surface area contributed by atoms with E-state index in [4.69, 9.17) is 10.9 Å². The van der Waals surface area contributed by atoms with Crippen LogP contribution in [0.2, 0.25) is 0 Å². The summed E-state index contributed by atoms with van der Waals surface area (Å²) in [7, 11) is -3.89. The van der Waals surface area contributed by atoms with Crippen LogP contribution in [0, 0.1) is 0 Å². The lowest BCUT2D eigenvalue weighted by Crippen LogP contribution is -2.15. The number of aromatic amines is 1. The number of hydrogen-bond acceptors (Lipinski definition) is 4. The van der Waals surface area contributed by atoms with Crippen molar-refractivity contribution >= 4 is 15.9 Å². The first kappa shape index (κ1) is 8.68. The maximum atomic E-state index is 10.6. The zero-order chi connectivity index (χ0) is 9.35. The van der Waals surface area contributed by atoms with Crippen LogP contribution in [0.1, 0.15) is 10.5 Å². The van der Waals surface area contributed by atoms with Crippen molar-refractivity contribution in [1.82, 2.24) is 9.97 Å². The molecular weight excluding hydrogens is 184 g/mol. The number of rotatable bonds is 2. The van der Waals surface area contributed by atoms with Gasteiger partial charge < -0.3 is 10.7 Å². The second-order valence-electron chi connectivity index (χ2n) is 2.01. The molecular formula is C4H6N4O3S. The fraction of sp³-hybridized carbons (Fsp3) is 0. The SMILES string of the molecule is NC(=O)c1cnc(S(N)(=O)=O)[nH]1. The molecule has 12 heavy (non-hydrogen) atoms. The Balaban J connectivity index is 3.17. The Kier molecular flexibility index (Phi) is 1.86. The fourth-order valence-corrected chi connectivity index (χ4v) is 1.02. The highest BCUT2D eigenvalue weighted by Crippen LogP contribution is 2.00. The molecule has 7 nitrogen and oxygen atoms in total. The van der Waals surface area contributed by atoms with E-state index in [1.165, 1.54) is 0 Å². The van der Waals surface area contributed by atoms with Gasteiger partial charge in [0.15, 0.2) is 0 Å². The van der Waals surface area contributed by atoms with Crippen LogP contribution in [0.5, 0.6) is 0 Å². The van der Waals surface area contributed by atoms with Gasteiger partial charge in [-0.15, -0.1) is 0 Å². The minimum Gasteiger partial charge on any atom is -0.364 e. The highest BCUT2D eigenvalue weighted by molar-refractivity contribution is 7.89. The number of hydrogen-bond donors (Lipinski definition) is 3.